The van der Waals surface area contributed by atoms with Crippen LogP contribution in [-0.2, 0) is 18.5 Å². The first kappa shape index (κ1) is 17.9. The molecule has 0 bridgehead atoms. The third-order valence-corrected chi connectivity index (χ3v) is 3.83. The molecule has 0 aliphatic heterocycles. The predicted molar refractivity (Wildman–Crippen MR) is 75.5 cm³/mol. The van der Waals surface area contributed by atoms with Crippen LogP contribution in [0.5, 0.6) is 0 Å². The highest BCUT2D eigenvalue weighted by Crippen LogP contribution is 2.22. The van der Waals surface area contributed by atoms with Gasteiger partial charge in [0.25, 0.3) is 9.05 Å². The number of esters is 1. The van der Waals surface area contributed by atoms with Gasteiger partial charge in [0.05, 0.1) is 23.2 Å². The summed E-state index contributed by atoms with van der Waals surface area (Å²) in [5.74, 6) is -1.81. The smallest absolute Gasteiger partial charge is 0.341 e. The lowest BCUT2D eigenvalue weighted by Gasteiger charge is -2.10. The average Bonchev–Trinajstić information content (AvgIpc) is 2.35. The fourth-order valence-corrected chi connectivity index (χ4v) is 2.37. The molecule has 118 valence electrons. The average molecular weight is 339 g/mol. The van der Waals surface area contributed by atoms with Gasteiger partial charge in [-0.25, -0.2) is 17.6 Å². The van der Waals surface area contributed by atoms with Crippen molar-refractivity contribution in [3.8, 4) is 0 Å². The molecule has 0 atom stereocenters. The molecular formula is C13H16ClFO5S. The summed E-state index contributed by atoms with van der Waals surface area (Å²) in [4.78, 5) is 11.4. The van der Waals surface area contributed by atoms with E-state index in [0.717, 1.165) is 12.1 Å². The van der Waals surface area contributed by atoms with Crippen LogP contribution in [0.2, 0.25) is 0 Å². The van der Waals surface area contributed by atoms with E-state index in [2.05, 4.69) is 0 Å². The largest absolute Gasteiger partial charge is 0.460 e. The number of rotatable bonds is 6. The van der Waals surface area contributed by atoms with E-state index in [-0.39, 0.29) is 29.8 Å². The molecule has 0 heterocycles. The zero-order valence-corrected chi connectivity index (χ0v) is 13.4. The minimum absolute atomic E-state index is 0.0119. The molecule has 8 heteroatoms. The molecule has 0 aliphatic carbocycles. The topological polar surface area (TPSA) is 69.7 Å². The van der Waals surface area contributed by atoms with Crippen molar-refractivity contribution in [2.75, 3.05) is 13.2 Å². The Hall–Kier alpha value is -1.18. The van der Waals surface area contributed by atoms with E-state index in [1.807, 2.05) is 13.8 Å². The maximum atomic E-state index is 13.9. The van der Waals surface area contributed by atoms with E-state index in [9.17, 15) is 17.6 Å². The first-order chi connectivity index (χ1) is 9.62. The zero-order valence-electron chi connectivity index (χ0n) is 11.9. The van der Waals surface area contributed by atoms with E-state index in [4.69, 9.17) is 20.2 Å². The van der Waals surface area contributed by atoms with Crippen molar-refractivity contribution in [3.63, 3.8) is 0 Å². The SMILES string of the molecule is Cc1cc(S(=O)(=O)Cl)cc(C(=O)OCCOC(C)C)c1F. The number of benzene rings is 1. The molecule has 0 unspecified atom stereocenters. The second-order valence-corrected chi connectivity index (χ2v) is 7.16. The van der Waals surface area contributed by atoms with Gasteiger partial charge in [-0.1, -0.05) is 0 Å². The normalized spacial score (nSPS) is 11.7. The van der Waals surface area contributed by atoms with Crippen LogP contribution in [0, 0.1) is 12.7 Å². The second-order valence-electron chi connectivity index (χ2n) is 4.60. The molecular weight excluding hydrogens is 323 g/mol. The summed E-state index contributed by atoms with van der Waals surface area (Å²) < 4.78 is 46.5. The standard InChI is InChI=1S/C13H16ClFO5S/c1-8(2)19-4-5-20-13(16)11-7-10(21(14,17)18)6-9(3)12(11)15/h6-8H,4-5H2,1-3H3. The van der Waals surface area contributed by atoms with Crippen molar-refractivity contribution in [2.24, 2.45) is 0 Å². The molecule has 1 rings (SSSR count). The van der Waals surface area contributed by atoms with Crippen LogP contribution in [0.15, 0.2) is 17.0 Å². The zero-order chi connectivity index (χ0) is 16.2. The number of halogens is 2. The molecule has 0 spiro atoms. The molecule has 0 saturated heterocycles. The van der Waals surface area contributed by atoms with Gasteiger partial charge in [-0.3, -0.25) is 0 Å². The van der Waals surface area contributed by atoms with Crippen molar-refractivity contribution in [1.29, 1.82) is 0 Å². The summed E-state index contributed by atoms with van der Waals surface area (Å²) in [7, 11) is 1.14. The van der Waals surface area contributed by atoms with Gasteiger partial charge in [-0.15, -0.1) is 0 Å². The van der Waals surface area contributed by atoms with E-state index >= 15 is 0 Å². The molecule has 1 aromatic carbocycles. The van der Waals surface area contributed by atoms with E-state index in [0.29, 0.717) is 0 Å². The van der Waals surface area contributed by atoms with Gasteiger partial charge >= 0.3 is 5.97 Å². The van der Waals surface area contributed by atoms with Crippen molar-refractivity contribution < 1.29 is 27.1 Å². The van der Waals surface area contributed by atoms with Crippen LogP contribution >= 0.6 is 10.7 Å². The number of carbonyl (C=O) groups excluding carboxylic acids is 1. The summed E-state index contributed by atoms with van der Waals surface area (Å²) in [6, 6.07) is 1.91. The lowest BCUT2D eigenvalue weighted by atomic mass is 10.1. The first-order valence-electron chi connectivity index (χ1n) is 6.16. The molecule has 5 nitrogen and oxygen atoms in total. The number of aryl methyl sites for hydroxylation is 1. The van der Waals surface area contributed by atoms with Crippen LogP contribution in [0.3, 0.4) is 0 Å². The summed E-state index contributed by atoms with van der Waals surface area (Å²) >= 11 is 0. The summed E-state index contributed by atoms with van der Waals surface area (Å²) in [6.07, 6.45) is -0.0209. The fourth-order valence-electron chi connectivity index (χ4n) is 1.52. The number of carbonyl (C=O) groups is 1. The molecule has 0 N–H and O–H groups in total. The van der Waals surface area contributed by atoms with Gasteiger partial charge < -0.3 is 9.47 Å². The predicted octanol–water partition coefficient (Wildman–Crippen LogP) is 2.64. The van der Waals surface area contributed by atoms with Crippen LogP contribution in [-0.4, -0.2) is 33.7 Å². The Morgan fingerprint density at radius 3 is 2.48 bits per heavy atom. The maximum absolute atomic E-state index is 13.9. The second kappa shape index (κ2) is 7.20. The van der Waals surface area contributed by atoms with Crippen molar-refractivity contribution in [1.82, 2.24) is 0 Å². The van der Waals surface area contributed by atoms with Gasteiger partial charge in [-0.05, 0) is 38.5 Å². The minimum atomic E-state index is -4.06. The van der Waals surface area contributed by atoms with Crippen LogP contribution in [0.1, 0.15) is 29.8 Å². The third kappa shape index (κ3) is 5.26. The van der Waals surface area contributed by atoms with E-state index < -0.39 is 26.4 Å². The first-order valence-corrected chi connectivity index (χ1v) is 8.47. The molecule has 1 aromatic rings. The Balaban J connectivity index is 2.91. The molecule has 21 heavy (non-hydrogen) atoms. The summed E-state index contributed by atoms with van der Waals surface area (Å²) in [6.45, 7) is 5.07. The Labute approximate surface area is 127 Å². The number of hydrogen-bond acceptors (Lipinski definition) is 5. The van der Waals surface area contributed by atoms with Gasteiger partial charge in [-0.2, -0.15) is 0 Å². The van der Waals surface area contributed by atoms with E-state index in [1.165, 1.54) is 6.92 Å². The summed E-state index contributed by atoms with van der Waals surface area (Å²) in [5.41, 5.74) is -0.485. The number of hydrogen-bond donors (Lipinski definition) is 0. The lowest BCUT2D eigenvalue weighted by molar-refractivity contribution is 0.0173. The molecule has 0 saturated carbocycles. The fraction of sp³-hybridized carbons (Fsp3) is 0.462. The van der Waals surface area contributed by atoms with Crippen LogP contribution < -0.4 is 0 Å². The van der Waals surface area contributed by atoms with Gasteiger partial charge in [0.2, 0.25) is 0 Å². The molecule has 0 amide bonds. The Bertz CT molecular complexity index is 628. The summed E-state index contributed by atoms with van der Waals surface area (Å²) in [5, 5.41) is 0. The van der Waals surface area contributed by atoms with Gasteiger partial charge in [0.15, 0.2) is 0 Å². The van der Waals surface area contributed by atoms with Gasteiger partial charge in [0, 0.05) is 10.7 Å². The molecule has 0 aromatic heterocycles. The van der Waals surface area contributed by atoms with E-state index in [1.54, 1.807) is 0 Å². The third-order valence-electron chi connectivity index (χ3n) is 2.50. The Kier molecular flexibility index (Phi) is 6.12. The molecule has 0 radical (unpaired) electrons. The maximum Gasteiger partial charge on any atom is 0.341 e. The molecule has 0 aliphatic rings. The minimum Gasteiger partial charge on any atom is -0.460 e. The van der Waals surface area contributed by atoms with Crippen LogP contribution in [0.25, 0.3) is 0 Å². The van der Waals surface area contributed by atoms with Crippen molar-refractivity contribution in [2.45, 2.75) is 31.8 Å². The van der Waals surface area contributed by atoms with Gasteiger partial charge in [0.1, 0.15) is 12.4 Å². The Morgan fingerprint density at radius 1 is 1.33 bits per heavy atom. The van der Waals surface area contributed by atoms with Crippen molar-refractivity contribution in [3.05, 3.63) is 29.1 Å². The monoisotopic (exact) mass is 338 g/mol. The van der Waals surface area contributed by atoms with Crippen LogP contribution in [0.4, 0.5) is 4.39 Å². The quantitative estimate of drug-likeness (QED) is 0.453. The Morgan fingerprint density at radius 2 is 1.95 bits per heavy atom. The van der Waals surface area contributed by atoms with Crippen molar-refractivity contribution >= 4 is 25.7 Å². The lowest BCUT2D eigenvalue weighted by Crippen LogP contribution is -2.15. The number of ether oxygens (including phenoxy) is 2. The highest BCUT2D eigenvalue weighted by Gasteiger charge is 2.21. The molecule has 0 fully saturated rings. The highest BCUT2D eigenvalue weighted by atomic mass is 35.7. The highest BCUT2D eigenvalue weighted by molar-refractivity contribution is 8.13.